The number of carbonyl (C=O) groups excluding carboxylic acids is 1. The summed E-state index contributed by atoms with van der Waals surface area (Å²) < 4.78 is 6.16. The molecule has 0 spiro atoms. The Hall–Kier alpha value is -2.03. The quantitative estimate of drug-likeness (QED) is 0.614. The van der Waals surface area contributed by atoms with E-state index in [2.05, 4.69) is 4.98 Å². The first kappa shape index (κ1) is 19.0. The second-order valence-electron chi connectivity index (χ2n) is 7.16. The van der Waals surface area contributed by atoms with Gasteiger partial charge in [0.15, 0.2) is 11.9 Å². The van der Waals surface area contributed by atoms with Gasteiger partial charge in [0, 0.05) is 16.9 Å². The monoisotopic (exact) mass is 346 g/mol. The fraction of sp³-hybridized carbons (Fsp3) is 0.643. The van der Waals surface area contributed by atoms with E-state index in [9.17, 15) is 19.5 Å². The third kappa shape index (κ3) is 4.47. The van der Waals surface area contributed by atoms with Crippen LogP contribution < -0.4 is 10.6 Å². The molecule has 1 aromatic rings. The van der Waals surface area contributed by atoms with Gasteiger partial charge < -0.3 is 14.9 Å². The van der Waals surface area contributed by atoms with Crippen molar-refractivity contribution < 1.29 is 19.7 Å². The number of cyclic esters (lactones) is 1. The van der Waals surface area contributed by atoms with Crippen molar-refractivity contribution in [1.29, 1.82) is 0 Å². The van der Waals surface area contributed by atoms with Crippen LogP contribution in [0.1, 0.15) is 41.5 Å². The van der Waals surface area contributed by atoms with Crippen LogP contribution in [0.3, 0.4) is 0 Å². The number of nitrogens with zero attached hydrogens (tertiary/aromatic N) is 1. The predicted octanol–water partition coefficient (Wildman–Crippen LogP) is 1.64. The van der Waals surface area contributed by atoms with Crippen molar-refractivity contribution in [2.75, 3.05) is 0 Å². The third-order valence-corrected chi connectivity index (χ3v) is 4.04. The maximum Gasteiger partial charge on any atom is 0.377 e. The van der Waals surface area contributed by atoms with Crippen LogP contribution in [0, 0.1) is 5.41 Å². The Kier molecular flexibility index (Phi) is 5.15. The zero-order valence-electron chi connectivity index (χ0n) is 14.0. The van der Waals surface area contributed by atoms with Crippen molar-refractivity contribution in [3.8, 4) is 0 Å². The largest absolute Gasteiger partial charge is 0.505 e. The van der Waals surface area contributed by atoms with E-state index in [1.807, 2.05) is 20.8 Å². The van der Waals surface area contributed by atoms with Gasteiger partial charge in [-0.2, -0.15) is 0 Å². The summed E-state index contributed by atoms with van der Waals surface area (Å²) >= 11 is 0.914. The number of aromatic amines is 1. The van der Waals surface area contributed by atoms with Crippen LogP contribution in [0.2, 0.25) is 0 Å². The van der Waals surface area contributed by atoms with Gasteiger partial charge in [-0.15, -0.1) is 0 Å². The smallest absolute Gasteiger partial charge is 0.377 e. The maximum absolute atomic E-state index is 11.0. The molecule has 130 valence electrons. The van der Waals surface area contributed by atoms with Gasteiger partial charge >= 0.3 is 16.5 Å². The highest BCUT2D eigenvalue weighted by Gasteiger charge is 2.41. The lowest BCUT2D eigenvalue weighted by molar-refractivity contribution is -0.146. The predicted molar refractivity (Wildman–Crippen MR) is 85.8 cm³/mol. The van der Waals surface area contributed by atoms with Crippen LogP contribution in [-0.4, -0.2) is 31.2 Å². The summed E-state index contributed by atoms with van der Waals surface area (Å²) in [5.41, 5.74) is -1.03. The lowest BCUT2D eigenvalue weighted by Crippen LogP contribution is -2.30. The molecule has 0 bridgehead atoms. The summed E-state index contributed by atoms with van der Waals surface area (Å²) in [7, 11) is 0. The maximum atomic E-state index is 11.0. The number of hydrogen-bond donors (Lipinski definition) is 3. The van der Waals surface area contributed by atoms with E-state index in [4.69, 9.17) is 9.84 Å². The Labute approximate surface area is 137 Å². The molecule has 23 heavy (non-hydrogen) atoms. The Morgan fingerprint density at radius 2 is 1.61 bits per heavy atom. The lowest BCUT2D eigenvalue weighted by atomic mass is 9.88. The van der Waals surface area contributed by atoms with Gasteiger partial charge in [0.1, 0.15) is 0 Å². The topological polar surface area (TPSA) is 122 Å². The van der Waals surface area contributed by atoms with Gasteiger partial charge in [0.2, 0.25) is 5.76 Å². The minimum atomic E-state index is -0.854. The molecule has 1 aromatic heterocycles. The molecule has 1 aliphatic heterocycles. The van der Waals surface area contributed by atoms with Crippen molar-refractivity contribution in [2.24, 2.45) is 5.41 Å². The summed E-state index contributed by atoms with van der Waals surface area (Å²) in [4.78, 5) is 34.3. The average Bonchev–Trinajstić information content (AvgIpc) is 2.83. The van der Waals surface area contributed by atoms with E-state index in [1.165, 1.54) is 3.96 Å². The van der Waals surface area contributed by atoms with Gasteiger partial charge in [0.05, 0.1) is 5.54 Å². The molecule has 3 N–H and O–H groups in total. The van der Waals surface area contributed by atoms with E-state index < -0.39 is 23.2 Å². The van der Waals surface area contributed by atoms with E-state index >= 15 is 0 Å². The SMILES string of the molecule is CC(C)(C)C1OC(=O)C(O)=C1O.CC(C)(C)n1sc(=O)[nH]c1=O. The number of H-pyrrole nitrogens is 1. The summed E-state index contributed by atoms with van der Waals surface area (Å²) in [6, 6.07) is 0. The van der Waals surface area contributed by atoms with E-state index in [0.717, 1.165) is 11.5 Å². The molecule has 1 aliphatic rings. The van der Waals surface area contributed by atoms with Gasteiger partial charge in [-0.1, -0.05) is 20.8 Å². The number of aromatic nitrogens is 2. The summed E-state index contributed by atoms with van der Waals surface area (Å²) in [5, 5.41) is 18.2. The van der Waals surface area contributed by atoms with Crippen molar-refractivity contribution in [3.05, 3.63) is 31.7 Å². The highest BCUT2D eigenvalue weighted by atomic mass is 32.1. The van der Waals surface area contributed by atoms with Crippen molar-refractivity contribution in [3.63, 3.8) is 0 Å². The minimum absolute atomic E-state index is 0.301. The zero-order chi connectivity index (χ0) is 18.2. The lowest BCUT2D eigenvalue weighted by Gasteiger charge is -2.24. The summed E-state index contributed by atoms with van der Waals surface area (Å²) in [6.07, 6.45) is -0.731. The number of rotatable bonds is 0. The molecule has 1 atom stereocenters. The molecule has 2 rings (SSSR count). The molecule has 0 aliphatic carbocycles. The standard InChI is InChI=1S/C8H12O4.C6H10N2O2S/c1-8(2,3)6-4(9)5(10)7(11)12-6;1-6(2,3)8-4(9)7-5(10)11-8/h6,9-10H,1-3H3;1-3H3,(H,7,9,10). The first-order valence-electron chi connectivity index (χ1n) is 6.91. The van der Waals surface area contributed by atoms with Gasteiger partial charge in [-0.25, -0.2) is 13.5 Å². The average molecular weight is 346 g/mol. The molecule has 0 radical (unpaired) electrons. The number of aliphatic hydroxyl groups excluding tert-OH is 2. The molecule has 0 amide bonds. The summed E-state index contributed by atoms with van der Waals surface area (Å²) in [5.74, 6) is -1.89. The number of ether oxygens (including phenoxy) is 1. The second kappa shape index (κ2) is 6.23. The molecular formula is C14H22N2O6S. The first-order valence-corrected chi connectivity index (χ1v) is 7.68. The van der Waals surface area contributed by atoms with Crippen LogP contribution in [0.4, 0.5) is 0 Å². The van der Waals surface area contributed by atoms with Gasteiger partial charge in [0.25, 0.3) is 0 Å². The normalized spacial score (nSPS) is 18.5. The molecule has 0 saturated heterocycles. The number of hydrogen-bond acceptors (Lipinski definition) is 7. The Balaban J connectivity index is 0.000000231. The number of aliphatic hydroxyl groups is 2. The van der Waals surface area contributed by atoms with Crippen LogP contribution in [0.5, 0.6) is 0 Å². The van der Waals surface area contributed by atoms with Crippen LogP contribution >= 0.6 is 11.5 Å². The fourth-order valence-corrected chi connectivity index (χ4v) is 2.46. The van der Waals surface area contributed by atoms with Crippen molar-refractivity contribution in [2.45, 2.75) is 53.2 Å². The minimum Gasteiger partial charge on any atom is -0.505 e. The molecule has 0 fully saturated rings. The molecule has 1 unspecified atom stereocenters. The van der Waals surface area contributed by atoms with E-state index in [-0.39, 0.29) is 21.9 Å². The Morgan fingerprint density at radius 1 is 1.09 bits per heavy atom. The van der Waals surface area contributed by atoms with E-state index in [1.54, 1.807) is 20.8 Å². The van der Waals surface area contributed by atoms with Crippen LogP contribution in [0.15, 0.2) is 21.1 Å². The second-order valence-corrected chi connectivity index (χ2v) is 8.08. The molecule has 0 saturated carbocycles. The number of carbonyl (C=O) groups is 1. The molecule has 2 heterocycles. The third-order valence-electron chi connectivity index (χ3n) is 2.87. The van der Waals surface area contributed by atoms with Crippen LogP contribution in [0.25, 0.3) is 0 Å². The number of esters is 1. The molecule has 8 nitrogen and oxygen atoms in total. The van der Waals surface area contributed by atoms with Gasteiger partial charge in [-0.3, -0.25) is 9.78 Å². The fourth-order valence-electron chi connectivity index (χ4n) is 1.76. The molecular weight excluding hydrogens is 324 g/mol. The summed E-state index contributed by atoms with van der Waals surface area (Å²) in [6.45, 7) is 11.0. The first-order chi connectivity index (χ1) is 10.2. The molecule has 0 aromatic carbocycles. The Morgan fingerprint density at radius 3 is 1.78 bits per heavy atom. The highest BCUT2D eigenvalue weighted by Crippen LogP contribution is 2.32. The van der Waals surface area contributed by atoms with Gasteiger partial charge in [-0.05, 0) is 20.8 Å². The van der Waals surface area contributed by atoms with Crippen molar-refractivity contribution in [1.82, 2.24) is 8.94 Å². The van der Waals surface area contributed by atoms with Crippen LogP contribution in [-0.2, 0) is 15.1 Å². The molecule has 9 heteroatoms. The highest BCUT2D eigenvalue weighted by molar-refractivity contribution is 7.03. The van der Waals surface area contributed by atoms with Crippen molar-refractivity contribution >= 4 is 17.5 Å². The Bertz CT molecular complexity index is 726. The van der Waals surface area contributed by atoms with E-state index in [0.29, 0.717) is 0 Å². The zero-order valence-corrected chi connectivity index (χ0v) is 14.8. The number of nitrogens with one attached hydrogen (secondary N) is 1.